The van der Waals surface area contributed by atoms with E-state index in [-0.39, 0.29) is 36.8 Å². The zero-order valence-electron chi connectivity index (χ0n) is 16.6. The summed E-state index contributed by atoms with van der Waals surface area (Å²) in [4.78, 5) is 8.89. The SMILES string of the molecule is C[Si](C)(C)CCOCn1c(O[C@@H]2CO[C@H]3[C@@H]2OC[C@H]3O)nc2cc(Cl)c(Cl)nc21. The normalized spacial score (nSPS) is 27.0. The second kappa shape index (κ2) is 8.30. The number of hydrogen-bond acceptors (Lipinski definition) is 7. The van der Waals surface area contributed by atoms with Crippen molar-refractivity contribution in [1.29, 1.82) is 0 Å². The van der Waals surface area contributed by atoms with E-state index in [2.05, 4.69) is 29.6 Å². The molecule has 2 saturated heterocycles. The number of imidazole rings is 1. The van der Waals surface area contributed by atoms with E-state index >= 15 is 0 Å². The van der Waals surface area contributed by atoms with E-state index in [1.807, 2.05) is 0 Å². The van der Waals surface area contributed by atoms with Gasteiger partial charge in [0.25, 0.3) is 0 Å². The number of hydrogen-bond donors (Lipinski definition) is 1. The number of rotatable bonds is 7. The maximum atomic E-state index is 9.94. The lowest BCUT2D eigenvalue weighted by atomic mass is 10.1. The molecule has 4 rings (SSSR count). The molecule has 0 radical (unpaired) electrons. The van der Waals surface area contributed by atoms with Gasteiger partial charge in [-0.05, 0) is 12.1 Å². The number of nitrogens with zero attached hydrogens (tertiary/aromatic N) is 3. The van der Waals surface area contributed by atoms with Crippen molar-refractivity contribution >= 4 is 42.4 Å². The molecule has 0 saturated carbocycles. The first-order chi connectivity index (χ1) is 13.7. The number of ether oxygens (including phenoxy) is 4. The Morgan fingerprint density at radius 3 is 2.72 bits per heavy atom. The van der Waals surface area contributed by atoms with Gasteiger partial charge in [0.2, 0.25) is 0 Å². The number of aromatic nitrogens is 3. The highest BCUT2D eigenvalue weighted by Gasteiger charge is 2.48. The van der Waals surface area contributed by atoms with E-state index in [0.29, 0.717) is 35.4 Å². The third-order valence-electron chi connectivity index (χ3n) is 5.05. The summed E-state index contributed by atoms with van der Waals surface area (Å²) in [6.07, 6.45) is -1.75. The Hall–Kier alpha value is -0.943. The quantitative estimate of drug-likeness (QED) is 0.385. The van der Waals surface area contributed by atoms with Crippen LogP contribution in [0.15, 0.2) is 6.07 Å². The van der Waals surface area contributed by atoms with Crippen molar-refractivity contribution in [3.63, 3.8) is 0 Å². The van der Waals surface area contributed by atoms with Crippen LogP contribution in [-0.2, 0) is 20.9 Å². The summed E-state index contributed by atoms with van der Waals surface area (Å²) in [6.45, 7) is 8.31. The molecule has 11 heteroatoms. The highest BCUT2D eigenvalue weighted by molar-refractivity contribution is 6.76. The van der Waals surface area contributed by atoms with Gasteiger partial charge in [-0.2, -0.15) is 4.98 Å². The van der Waals surface area contributed by atoms with Crippen LogP contribution >= 0.6 is 23.2 Å². The van der Waals surface area contributed by atoms with Crippen molar-refractivity contribution in [2.24, 2.45) is 0 Å². The highest BCUT2D eigenvalue weighted by atomic mass is 35.5. The summed E-state index contributed by atoms with van der Waals surface area (Å²) in [5.74, 6) is 0. The standard InChI is InChI=1S/C18H25Cl2N3O5Si/c1-29(2,3)5-4-25-9-23-17-11(6-10(19)16(20)22-17)21-18(23)28-13-8-27-14-12(24)7-26-15(13)14/h6,12-15,24H,4-5,7-9H2,1-3H3/t12-,13-,14-,15-/m1/s1. The predicted octanol–water partition coefficient (Wildman–Crippen LogP) is 2.96. The molecule has 2 aliphatic rings. The van der Waals surface area contributed by atoms with E-state index in [4.69, 9.17) is 42.1 Å². The minimum atomic E-state index is -1.21. The van der Waals surface area contributed by atoms with Crippen LogP contribution in [0, 0.1) is 0 Å². The van der Waals surface area contributed by atoms with Crippen LogP contribution in [0.2, 0.25) is 35.9 Å². The largest absolute Gasteiger partial charge is 0.456 e. The van der Waals surface area contributed by atoms with E-state index < -0.39 is 14.2 Å². The summed E-state index contributed by atoms with van der Waals surface area (Å²) < 4.78 is 25.0. The zero-order valence-corrected chi connectivity index (χ0v) is 19.1. The molecule has 8 nitrogen and oxygen atoms in total. The van der Waals surface area contributed by atoms with Crippen LogP contribution in [0.3, 0.4) is 0 Å². The van der Waals surface area contributed by atoms with Gasteiger partial charge in [-0.25, -0.2) is 4.98 Å². The third kappa shape index (κ3) is 4.56. The van der Waals surface area contributed by atoms with Gasteiger partial charge in [0.15, 0.2) is 11.8 Å². The first kappa shape index (κ1) is 21.3. The van der Waals surface area contributed by atoms with Gasteiger partial charge in [0.05, 0.1) is 18.2 Å². The Balaban J connectivity index is 1.57. The molecule has 0 spiro atoms. The Morgan fingerprint density at radius 1 is 1.21 bits per heavy atom. The molecule has 0 aromatic carbocycles. The van der Waals surface area contributed by atoms with Gasteiger partial charge in [-0.1, -0.05) is 42.8 Å². The Morgan fingerprint density at radius 2 is 1.97 bits per heavy atom. The monoisotopic (exact) mass is 461 g/mol. The average molecular weight is 462 g/mol. The number of pyridine rings is 1. The van der Waals surface area contributed by atoms with Crippen molar-refractivity contribution in [3.8, 4) is 6.01 Å². The summed E-state index contributed by atoms with van der Waals surface area (Å²) >= 11 is 12.2. The van der Waals surface area contributed by atoms with Crippen LogP contribution < -0.4 is 4.74 Å². The summed E-state index contributed by atoms with van der Waals surface area (Å²) in [5.41, 5.74) is 1.09. The first-order valence-electron chi connectivity index (χ1n) is 9.61. The van der Waals surface area contributed by atoms with Crippen LogP contribution in [0.4, 0.5) is 0 Å². The molecule has 1 N–H and O–H groups in total. The lowest BCUT2D eigenvalue weighted by molar-refractivity contribution is 0.00336. The Bertz CT molecular complexity index is 890. The second-order valence-electron chi connectivity index (χ2n) is 8.59. The molecule has 29 heavy (non-hydrogen) atoms. The van der Waals surface area contributed by atoms with Crippen LogP contribution in [0.1, 0.15) is 0 Å². The number of aliphatic hydroxyl groups excluding tert-OH is 1. The second-order valence-corrected chi connectivity index (χ2v) is 15.0. The van der Waals surface area contributed by atoms with Gasteiger partial charge in [0.1, 0.15) is 35.7 Å². The topological polar surface area (TPSA) is 87.9 Å². The van der Waals surface area contributed by atoms with Gasteiger partial charge in [-0.3, -0.25) is 4.57 Å². The minimum absolute atomic E-state index is 0.195. The fourth-order valence-corrected chi connectivity index (χ4v) is 4.44. The molecule has 0 amide bonds. The van der Waals surface area contributed by atoms with Crippen molar-refractivity contribution < 1.29 is 24.1 Å². The summed E-state index contributed by atoms with van der Waals surface area (Å²) in [6, 6.07) is 3.03. The maximum Gasteiger partial charge on any atom is 0.301 e. The molecular weight excluding hydrogens is 437 g/mol. The molecule has 4 atom stereocenters. The van der Waals surface area contributed by atoms with Gasteiger partial charge < -0.3 is 24.1 Å². The number of fused-ring (bicyclic) bond motifs is 2. The lowest BCUT2D eigenvalue weighted by Crippen LogP contribution is -2.35. The van der Waals surface area contributed by atoms with Crippen molar-refractivity contribution in [2.75, 3.05) is 19.8 Å². The summed E-state index contributed by atoms with van der Waals surface area (Å²) in [7, 11) is -1.21. The van der Waals surface area contributed by atoms with Gasteiger partial charge in [0, 0.05) is 14.7 Å². The van der Waals surface area contributed by atoms with E-state index in [1.54, 1.807) is 10.6 Å². The predicted molar refractivity (Wildman–Crippen MR) is 112 cm³/mol. The fourth-order valence-electron chi connectivity index (χ4n) is 3.40. The maximum absolute atomic E-state index is 9.94. The zero-order chi connectivity index (χ0) is 20.8. The Kier molecular flexibility index (Phi) is 6.09. The van der Waals surface area contributed by atoms with E-state index in [9.17, 15) is 5.11 Å². The molecule has 0 aliphatic carbocycles. The van der Waals surface area contributed by atoms with Crippen LogP contribution in [0.5, 0.6) is 6.01 Å². The number of aliphatic hydroxyl groups is 1. The lowest BCUT2D eigenvalue weighted by Gasteiger charge is -2.19. The van der Waals surface area contributed by atoms with Gasteiger partial charge >= 0.3 is 6.01 Å². The molecule has 2 aromatic heterocycles. The molecule has 2 fully saturated rings. The van der Waals surface area contributed by atoms with Crippen LogP contribution in [0.25, 0.3) is 11.2 Å². The third-order valence-corrected chi connectivity index (χ3v) is 7.43. The van der Waals surface area contributed by atoms with E-state index in [1.165, 1.54) is 0 Å². The Labute approximate surface area is 180 Å². The van der Waals surface area contributed by atoms with Crippen molar-refractivity contribution in [3.05, 3.63) is 16.2 Å². The number of halogens is 2. The van der Waals surface area contributed by atoms with E-state index in [0.717, 1.165) is 6.04 Å². The van der Waals surface area contributed by atoms with Gasteiger partial charge in [-0.15, -0.1) is 0 Å². The molecule has 0 unspecified atom stereocenters. The van der Waals surface area contributed by atoms with Crippen LogP contribution in [-0.4, -0.2) is 72.0 Å². The molecule has 2 aliphatic heterocycles. The molecule has 160 valence electrons. The highest BCUT2D eigenvalue weighted by Crippen LogP contribution is 2.32. The first-order valence-corrected chi connectivity index (χ1v) is 14.1. The molecule has 0 bridgehead atoms. The molecular formula is C18H25Cl2N3O5Si. The summed E-state index contributed by atoms with van der Waals surface area (Å²) in [5, 5.41) is 10.5. The minimum Gasteiger partial charge on any atom is -0.456 e. The molecule has 2 aromatic rings. The van der Waals surface area contributed by atoms with Crippen molar-refractivity contribution in [2.45, 2.75) is 56.8 Å². The molecule has 4 heterocycles. The van der Waals surface area contributed by atoms with Crippen molar-refractivity contribution in [1.82, 2.24) is 14.5 Å². The average Bonchev–Trinajstić information content (AvgIpc) is 3.29. The fraction of sp³-hybridized carbons (Fsp3) is 0.667. The smallest absolute Gasteiger partial charge is 0.301 e.